The Morgan fingerprint density at radius 1 is 1.03 bits per heavy atom. The number of aromatic carboxylic acids is 1. The minimum atomic E-state index is -0.988. The molecule has 5 nitrogen and oxygen atoms in total. The number of aromatic nitrogens is 1. The maximum atomic E-state index is 13.6. The summed E-state index contributed by atoms with van der Waals surface area (Å²) in [5.41, 5.74) is 1.08. The molecule has 31 heavy (non-hydrogen) atoms. The Morgan fingerprint density at radius 3 is 2.42 bits per heavy atom. The number of halogens is 2. The Balaban J connectivity index is 1.68. The van der Waals surface area contributed by atoms with Crippen molar-refractivity contribution in [3.8, 4) is 11.5 Å². The number of anilines is 1. The van der Waals surface area contributed by atoms with E-state index in [1.54, 1.807) is 42.6 Å². The number of hydrogen-bond acceptors (Lipinski definition) is 4. The third kappa shape index (κ3) is 4.45. The maximum absolute atomic E-state index is 13.6. The number of carboxylic acids is 1. The zero-order chi connectivity index (χ0) is 22.0. The number of fused-ring (bicyclic) bond motifs is 1. The molecule has 0 aliphatic carbocycles. The first-order chi connectivity index (χ1) is 14.9. The fourth-order valence-electron chi connectivity index (χ4n) is 3.31. The third-order valence-electron chi connectivity index (χ3n) is 4.83. The van der Waals surface area contributed by atoms with Gasteiger partial charge in [-0.05, 0) is 42.1 Å². The van der Waals surface area contributed by atoms with Crippen molar-refractivity contribution in [2.45, 2.75) is 13.0 Å². The van der Waals surface area contributed by atoms with Crippen LogP contribution in [0.4, 0.5) is 14.6 Å². The lowest BCUT2D eigenvalue weighted by atomic mass is 10.1. The lowest BCUT2D eigenvalue weighted by molar-refractivity contribution is 0.0697. The highest BCUT2D eigenvalue weighted by atomic mass is 19.1. The van der Waals surface area contributed by atoms with Crippen LogP contribution in [0.15, 0.2) is 72.9 Å². The summed E-state index contributed by atoms with van der Waals surface area (Å²) < 4.78 is 33.0. The second kappa shape index (κ2) is 8.39. The largest absolute Gasteiger partial charge is 0.478 e. The van der Waals surface area contributed by atoms with Gasteiger partial charge in [0, 0.05) is 30.4 Å². The van der Waals surface area contributed by atoms with Crippen molar-refractivity contribution >= 4 is 22.6 Å². The summed E-state index contributed by atoms with van der Waals surface area (Å²) in [4.78, 5) is 15.5. The van der Waals surface area contributed by atoms with E-state index in [1.807, 2.05) is 19.1 Å². The predicted molar refractivity (Wildman–Crippen MR) is 114 cm³/mol. The van der Waals surface area contributed by atoms with E-state index in [2.05, 4.69) is 10.3 Å². The van der Waals surface area contributed by atoms with Crippen molar-refractivity contribution < 1.29 is 23.4 Å². The molecule has 0 saturated carbocycles. The molecule has 0 spiro atoms. The third-order valence-corrected chi connectivity index (χ3v) is 4.83. The van der Waals surface area contributed by atoms with Gasteiger partial charge in [-0.2, -0.15) is 0 Å². The SMILES string of the molecule is C[C@H](Nc1nccc2cccc(Oc3cc(F)cc(F)c3)c12)c1ccc(C(=O)O)cc1. The molecule has 0 unspecified atom stereocenters. The van der Waals surface area contributed by atoms with Crippen molar-refractivity contribution in [1.29, 1.82) is 0 Å². The van der Waals surface area contributed by atoms with Crippen molar-refractivity contribution in [2.24, 2.45) is 0 Å². The fraction of sp³-hybridized carbons (Fsp3) is 0.0833. The van der Waals surface area contributed by atoms with Gasteiger partial charge in [0.1, 0.15) is 29.0 Å². The lowest BCUT2D eigenvalue weighted by Gasteiger charge is -2.18. The van der Waals surface area contributed by atoms with Crippen LogP contribution in [0, 0.1) is 11.6 Å². The molecule has 1 heterocycles. The highest BCUT2D eigenvalue weighted by Gasteiger charge is 2.14. The van der Waals surface area contributed by atoms with Gasteiger partial charge in [0.15, 0.2) is 0 Å². The predicted octanol–water partition coefficient (Wildman–Crippen LogP) is 6.18. The topological polar surface area (TPSA) is 71.5 Å². The number of carboxylic acid groups (broad SMARTS) is 1. The van der Waals surface area contributed by atoms with Gasteiger partial charge in [0.05, 0.1) is 10.9 Å². The van der Waals surface area contributed by atoms with Crippen molar-refractivity contribution in [3.63, 3.8) is 0 Å². The zero-order valence-corrected chi connectivity index (χ0v) is 16.5. The highest BCUT2D eigenvalue weighted by molar-refractivity contribution is 5.97. The van der Waals surface area contributed by atoms with Crippen LogP contribution in [0.1, 0.15) is 28.9 Å². The van der Waals surface area contributed by atoms with Gasteiger partial charge in [-0.15, -0.1) is 0 Å². The fourth-order valence-corrected chi connectivity index (χ4v) is 3.31. The zero-order valence-electron chi connectivity index (χ0n) is 16.5. The quantitative estimate of drug-likeness (QED) is 0.390. The summed E-state index contributed by atoms with van der Waals surface area (Å²) in [6, 6.07) is 16.5. The molecule has 3 aromatic carbocycles. The number of nitrogens with one attached hydrogen (secondary N) is 1. The Kier molecular flexibility index (Phi) is 5.49. The van der Waals surface area contributed by atoms with Gasteiger partial charge in [-0.1, -0.05) is 24.3 Å². The van der Waals surface area contributed by atoms with E-state index in [-0.39, 0.29) is 17.4 Å². The molecule has 1 aromatic heterocycles. The second-order valence-electron chi connectivity index (χ2n) is 7.01. The first-order valence-corrected chi connectivity index (χ1v) is 9.52. The van der Waals surface area contributed by atoms with Gasteiger partial charge in [0.25, 0.3) is 0 Å². The Bertz CT molecular complexity index is 1230. The molecule has 0 bridgehead atoms. The number of pyridine rings is 1. The van der Waals surface area contributed by atoms with Gasteiger partial charge in [0.2, 0.25) is 0 Å². The summed E-state index contributed by atoms with van der Waals surface area (Å²) in [5.74, 6) is -1.49. The Morgan fingerprint density at radius 2 is 1.74 bits per heavy atom. The minimum absolute atomic E-state index is 0.0390. The van der Waals surface area contributed by atoms with E-state index >= 15 is 0 Å². The van der Waals surface area contributed by atoms with Crippen molar-refractivity contribution in [3.05, 3.63) is 95.7 Å². The molecular formula is C24H18F2N2O3. The maximum Gasteiger partial charge on any atom is 0.335 e. The molecule has 7 heteroatoms. The summed E-state index contributed by atoms with van der Waals surface area (Å²) >= 11 is 0. The van der Waals surface area contributed by atoms with Crippen LogP contribution in [-0.2, 0) is 0 Å². The summed E-state index contributed by atoms with van der Waals surface area (Å²) in [5, 5.41) is 13.9. The van der Waals surface area contributed by atoms with Crippen LogP contribution in [-0.4, -0.2) is 16.1 Å². The number of ether oxygens (including phenoxy) is 1. The van der Waals surface area contributed by atoms with Crippen LogP contribution in [0.5, 0.6) is 11.5 Å². The van der Waals surface area contributed by atoms with Crippen LogP contribution in [0.25, 0.3) is 10.8 Å². The van der Waals surface area contributed by atoms with E-state index in [0.717, 1.165) is 29.1 Å². The number of rotatable bonds is 6. The Hall–Kier alpha value is -4.00. The Labute approximate surface area is 176 Å². The molecular weight excluding hydrogens is 402 g/mol. The lowest BCUT2D eigenvalue weighted by Crippen LogP contribution is -2.09. The number of carbonyl (C=O) groups is 1. The standard InChI is InChI=1S/C24H18F2N2O3/c1-14(15-5-7-17(8-6-15)24(29)30)28-23-22-16(9-10-27-23)3-2-4-21(22)31-20-12-18(25)11-19(26)13-20/h2-14H,1H3,(H,27,28)(H,29,30)/t14-/m0/s1. The second-order valence-corrected chi connectivity index (χ2v) is 7.01. The molecule has 2 N–H and O–H groups in total. The summed E-state index contributed by atoms with van der Waals surface area (Å²) in [6.07, 6.45) is 1.65. The van der Waals surface area contributed by atoms with E-state index in [0.29, 0.717) is 17.0 Å². The first kappa shape index (κ1) is 20.3. The minimum Gasteiger partial charge on any atom is -0.478 e. The molecule has 0 aliphatic heterocycles. The van der Waals surface area contributed by atoms with E-state index in [1.165, 1.54) is 0 Å². The molecule has 4 rings (SSSR count). The molecule has 0 saturated heterocycles. The van der Waals surface area contributed by atoms with Crippen LogP contribution in [0.3, 0.4) is 0 Å². The number of benzene rings is 3. The highest BCUT2D eigenvalue weighted by Crippen LogP contribution is 2.35. The van der Waals surface area contributed by atoms with Gasteiger partial charge in [-0.25, -0.2) is 18.6 Å². The molecule has 0 aliphatic rings. The van der Waals surface area contributed by atoms with E-state index < -0.39 is 17.6 Å². The molecule has 0 amide bonds. The number of nitrogens with zero attached hydrogens (tertiary/aromatic N) is 1. The average molecular weight is 420 g/mol. The summed E-state index contributed by atoms with van der Waals surface area (Å²) in [6.45, 7) is 1.92. The van der Waals surface area contributed by atoms with Crippen molar-refractivity contribution in [2.75, 3.05) is 5.32 Å². The molecule has 0 radical (unpaired) electrons. The van der Waals surface area contributed by atoms with Crippen LogP contribution in [0.2, 0.25) is 0 Å². The average Bonchev–Trinajstić information content (AvgIpc) is 2.73. The van der Waals surface area contributed by atoms with Gasteiger partial charge >= 0.3 is 5.97 Å². The molecule has 1 atom stereocenters. The van der Waals surface area contributed by atoms with Crippen molar-refractivity contribution in [1.82, 2.24) is 4.98 Å². The van der Waals surface area contributed by atoms with Crippen LogP contribution >= 0.6 is 0 Å². The monoisotopic (exact) mass is 420 g/mol. The number of hydrogen-bond donors (Lipinski definition) is 2. The molecule has 0 fully saturated rings. The van der Waals surface area contributed by atoms with Gasteiger partial charge < -0.3 is 15.2 Å². The summed E-state index contributed by atoms with van der Waals surface area (Å²) in [7, 11) is 0. The normalized spacial score (nSPS) is 11.8. The van der Waals surface area contributed by atoms with E-state index in [9.17, 15) is 13.6 Å². The molecule has 156 valence electrons. The first-order valence-electron chi connectivity index (χ1n) is 9.52. The smallest absolute Gasteiger partial charge is 0.335 e. The van der Waals surface area contributed by atoms with E-state index in [4.69, 9.17) is 9.84 Å². The van der Waals surface area contributed by atoms with Gasteiger partial charge in [-0.3, -0.25) is 0 Å². The molecule has 4 aromatic rings. The van der Waals surface area contributed by atoms with Crippen LogP contribution < -0.4 is 10.1 Å².